The van der Waals surface area contributed by atoms with Gasteiger partial charge >= 0.3 is 0 Å². The maximum Gasteiger partial charge on any atom is 0.237 e. The van der Waals surface area contributed by atoms with Crippen LogP contribution in [0.4, 0.5) is 0 Å². The Morgan fingerprint density at radius 2 is 1.84 bits per heavy atom. The van der Waals surface area contributed by atoms with Crippen molar-refractivity contribution in [3.05, 3.63) is 0 Å². The first-order chi connectivity index (χ1) is 11.7. The Kier molecular flexibility index (Phi) is 4.18. The van der Waals surface area contributed by atoms with Crippen molar-refractivity contribution < 1.29 is 13.2 Å². The number of nitrogens with zero attached hydrogens (tertiary/aromatic N) is 1. The van der Waals surface area contributed by atoms with Crippen molar-refractivity contribution in [2.75, 3.05) is 19.3 Å². The number of likely N-dealkylation sites (tertiary alicyclic amines) is 1. The predicted octanol–water partition coefficient (Wildman–Crippen LogP) is 0.124. The lowest BCUT2D eigenvalue weighted by Crippen LogP contribution is -2.69. The molecule has 1 saturated heterocycles. The number of hydrogen-bond acceptors (Lipinski definition) is 5. The van der Waals surface area contributed by atoms with E-state index in [1.165, 1.54) is 12.7 Å². The van der Waals surface area contributed by atoms with Gasteiger partial charge in [0.05, 0.1) is 19.0 Å². The lowest BCUT2D eigenvalue weighted by Gasteiger charge is -2.62. The molecule has 4 N–H and O–H groups in total. The Morgan fingerprint density at radius 1 is 1.20 bits per heavy atom. The maximum atomic E-state index is 12.5. The summed E-state index contributed by atoms with van der Waals surface area (Å²) in [6.45, 7) is 1.06. The van der Waals surface area contributed by atoms with Crippen molar-refractivity contribution >= 4 is 15.9 Å². The monoisotopic (exact) mass is 370 g/mol. The molecule has 0 aromatic carbocycles. The van der Waals surface area contributed by atoms with Gasteiger partial charge in [0.15, 0.2) is 0 Å². The van der Waals surface area contributed by atoms with Crippen molar-refractivity contribution in [3.8, 4) is 0 Å². The summed E-state index contributed by atoms with van der Waals surface area (Å²) in [6, 6.07) is 0. The van der Waals surface area contributed by atoms with Gasteiger partial charge in [0.25, 0.3) is 0 Å². The van der Waals surface area contributed by atoms with Crippen LogP contribution in [0.25, 0.3) is 0 Å². The van der Waals surface area contributed by atoms with Crippen molar-refractivity contribution in [1.29, 1.82) is 0 Å². The number of nitrogens with two attached hydrogens (primary N) is 1. The number of rotatable bonds is 5. The highest BCUT2D eigenvalue weighted by Crippen LogP contribution is 2.57. The summed E-state index contributed by atoms with van der Waals surface area (Å²) in [4.78, 5) is 14.3. The van der Waals surface area contributed by atoms with Gasteiger partial charge in [-0.25, -0.2) is 13.1 Å². The quantitative estimate of drug-likeness (QED) is 0.638. The van der Waals surface area contributed by atoms with Gasteiger partial charge in [-0.1, -0.05) is 0 Å². The first kappa shape index (κ1) is 17.7. The van der Waals surface area contributed by atoms with Gasteiger partial charge in [-0.15, -0.1) is 0 Å². The number of nitrogens with one attached hydrogen (secondary N) is 2. The highest BCUT2D eigenvalue weighted by atomic mass is 32.2. The zero-order valence-corrected chi connectivity index (χ0v) is 15.8. The van der Waals surface area contributed by atoms with Crippen LogP contribution in [0, 0.1) is 11.8 Å². The average molecular weight is 371 g/mol. The minimum atomic E-state index is -3.23. The minimum absolute atomic E-state index is 0.0749. The smallest absolute Gasteiger partial charge is 0.237 e. The molecule has 1 aliphatic heterocycles. The molecular formula is C17H30N4O3S. The highest BCUT2D eigenvalue weighted by molar-refractivity contribution is 7.88. The van der Waals surface area contributed by atoms with E-state index >= 15 is 0 Å². The second kappa shape index (κ2) is 5.90. The third kappa shape index (κ3) is 3.46. The van der Waals surface area contributed by atoms with Crippen molar-refractivity contribution in [3.63, 3.8) is 0 Å². The topological polar surface area (TPSA) is 105 Å². The van der Waals surface area contributed by atoms with Crippen molar-refractivity contribution in [1.82, 2.24) is 14.9 Å². The van der Waals surface area contributed by atoms with E-state index in [4.69, 9.17) is 5.73 Å². The molecule has 5 rings (SSSR count). The molecule has 7 nitrogen and oxygen atoms in total. The van der Waals surface area contributed by atoms with Gasteiger partial charge in [0.1, 0.15) is 0 Å². The molecule has 0 spiro atoms. The van der Waals surface area contributed by atoms with E-state index < -0.39 is 10.0 Å². The van der Waals surface area contributed by atoms with Crippen LogP contribution in [0.3, 0.4) is 0 Å². The second-order valence-corrected chi connectivity index (χ2v) is 10.8. The van der Waals surface area contributed by atoms with Crippen LogP contribution in [-0.4, -0.2) is 55.8 Å². The fourth-order valence-corrected chi connectivity index (χ4v) is 7.47. The molecule has 5 fully saturated rings. The Bertz CT molecular complexity index is 651. The summed E-state index contributed by atoms with van der Waals surface area (Å²) in [7, 11) is -3.23. The van der Waals surface area contributed by atoms with Crippen LogP contribution in [0.2, 0.25) is 0 Å². The molecule has 8 heteroatoms. The summed E-state index contributed by atoms with van der Waals surface area (Å²) in [5.41, 5.74) is 5.58. The molecule has 4 saturated carbocycles. The first-order valence-electron chi connectivity index (χ1n) is 9.47. The van der Waals surface area contributed by atoms with Crippen LogP contribution in [0.15, 0.2) is 0 Å². The summed E-state index contributed by atoms with van der Waals surface area (Å²) < 4.78 is 26.7. The zero-order valence-electron chi connectivity index (χ0n) is 15.0. The summed E-state index contributed by atoms with van der Waals surface area (Å²) >= 11 is 0. The maximum absolute atomic E-state index is 12.5. The highest BCUT2D eigenvalue weighted by Gasteiger charge is 2.58. The standard InChI is InChI=1S/C17H30N4O3S/c1-25(23,24)20-17-8-12-5-13(9-17)7-16(6-12,11-17)19-10-15(22)21-4-2-3-14(21)18/h12-14,19-20H,2-11,18H2,1H3/t12?,13?,14-,16?,17?/m0/s1. The number of carbonyl (C=O) groups is 1. The normalized spacial score (nSPS) is 43.0. The van der Waals surface area contributed by atoms with Gasteiger partial charge in [-0.3, -0.25) is 4.79 Å². The summed E-state index contributed by atoms with van der Waals surface area (Å²) in [5, 5.41) is 3.55. The van der Waals surface area contributed by atoms with E-state index in [-0.39, 0.29) is 23.2 Å². The third-order valence-corrected chi connectivity index (χ3v) is 7.50. The number of hydrogen-bond donors (Lipinski definition) is 3. The number of amides is 1. The van der Waals surface area contributed by atoms with E-state index in [1.807, 2.05) is 0 Å². The lowest BCUT2D eigenvalue weighted by atomic mass is 9.50. The van der Waals surface area contributed by atoms with E-state index in [9.17, 15) is 13.2 Å². The third-order valence-electron chi connectivity index (χ3n) is 6.70. The van der Waals surface area contributed by atoms with E-state index in [1.54, 1.807) is 4.90 Å². The summed E-state index contributed by atoms with van der Waals surface area (Å²) in [6.07, 6.45) is 8.92. The Labute approximate surface area is 150 Å². The molecule has 4 bridgehead atoms. The molecular weight excluding hydrogens is 340 g/mol. The largest absolute Gasteiger partial charge is 0.326 e. The molecule has 0 radical (unpaired) electrons. The molecule has 4 aliphatic carbocycles. The number of sulfonamides is 1. The number of carbonyl (C=O) groups excluding carboxylic acids is 1. The molecule has 5 aliphatic rings. The molecule has 25 heavy (non-hydrogen) atoms. The Morgan fingerprint density at radius 3 is 2.40 bits per heavy atom. The predicted molar refractivity (Wildman–Crippen MR) is 95.0 cm³/mol. The summed E-state index contributed by atoms with van der Waals surface area (Å²) in [5.74, 6) is 1.17. The zero-order chi connectivity index (χ0) is 17.9. The lowest BCUT2D eigenvalue weighted by molar-refractivity contribution is -0.132. The van der Waals surface area contributed by atoms with Crippen LogP contribution < -0.4 is 15.8 Å². The Hall–Kier alpha value is -0.700. The van der Waals surface area contributed by atoms with Gasteiger partial charge < -0.3 is 16.0 Å². The van der Waals surface area contributed by atoms with Crippen LogP contribution in [-0.2, 0) is 14.8 Å². The van der Waals surface area contributed by atoms with E-state index in [2.05, 4.69) is 10.0 Å². The first-order valence-corrected chi connectivity index (χ1v) is 11.4. The van der Waals surface area contributed by atoms with Crippen LogP contribution >= 0.6 is 0 Å². The fourth-order valence-electron chi connectivity index (χ4n) is 6.45. The average Bonchev–Trinajstić information content (AvgIpc) is 2.87. The van der Waals surface area contributed by atoms with Gasteiger partial charge in [-0.05, 0) is 63.2 Å². The molecule has 1 heterocycles. The Balaban J connectivity index is 1.47. The molecule has 142 valence electrons. The fraction of sp³-hybridized carbons (Fsp3) is 0.941. The minimum Gasteiger partial charge on any atom is -0.326 e. The van der Waals surface area contributed by atoms with Crippen molar-refractivity contribution in [2.45, 2.75) is 68.6 Å². The van der Waals surface area contributed by atoms with Crippen molar-refractivity contribution in [2.24, 2.45) is 17.6 Å². The molecule has 2 unspecified atom stereocenters. The van der Waals surface area contributed by atoms with Crippen LogP contribution in [0.5, 0.6) is 0 Å². The molecule has 3 atom stereocenters. The van der Waals surface area contributed by atoms with E-state index in [0.717, 1.165) is 51.5 Å². The molecule has 1 amide bonds. The van der Waals surface area contributed by atoms with Gasteiger partial charge in [-0.2, -0.15) is 0 Å². The van der Waals surface area contributed by atoms with Crippen LogP contribution in [0.1, 0.15) is 51.4 Å². The van der Waals surface area contributed by atoms with Gasteiger partial charge in [0.2, 0.25) is 15.9 Å². The molecule has 0 aromatic heterocycles. The van der Waals surface area contributed by atoms with Gasteiger partial charge in [0, 0.05) is 17.6 Å². The molecule has 0 aromatic rings. The second-order valence-electron chi connectivity index (χ2n) is 9.05. The van der Waals surface area contributed by atoms with E-state index in [0.29, 0.717) is 18.4 Å². The SMILES string of the molecule is CS(=O)(=O)NC12CC3CC(CC(NCC(=O)N4CCC[C@H]4N)(C3)C1)C2.